The van der Waals surface area contributed by atoms with Gasteiger partial charge in [-0.25, -0.2) is 0 Å². The van der Waals surface area contributed by atoms with E-state index in [2.05, 4.69) is 53.3 Å². The highest BCUT2D eigenvalue weighted by atomic mass is 79.9. The molecule has 2 atom stereocenters. The van der Waals surface area contributed by atoms with Crippen molar-refractivity contribution in [2.45, 2.75) is 45.2 Å². The molecule has 0 spiro atoms. The molecule has 0 fully saturated rings. The minimum atomic E-state index is 0.260. The molecule has 0 heterocycles. The second-order valence-electron chi connectivity index (χ2n) is 5.46. The van der Waals surface area contributed by atoms with E-state index in [1.165, 1.54) is 17.5 Å². The van der Waals surface area contributed by atoms with E-state index in [0.717, 1.165) is 17.3 Å². The van der Waals surface area contributed by atoms with Crippen LogP contribution in [0.25, 0.3) is 0 Å². The molecule has 2 rings (SSSR count). The average Bonchev–Trinajstić information content (AvgIpc) is 2.71. The van der Waals surface area contributed by atoms with E-state index in [1.54, 1.807) is 0 Å². The smallest absolute Gasteiger partial charge is 0.0445 e. The number of aliphatic hydroxyl groups excluding tert-OH is 1. The number of nitrogens with one attached hydrogen (secondary N) is 1. The van der Waals surface area contributed by atoms with Crippen LogP contribution in [0.1, 0.15) is 43.9 Å². The second-order valence-corrected chi connectivity index (χ2v) is 6.38. The van der Waals surface area contributed by atoms with Crippen LogP contribution in [0.3, 0.4) is 0 Å². The molecule has 0 aliphatic heterocycles. The molecular weight excluding hydrogens is 290 g/mol. The van der Waals surface area contributed by atoms with Crippen molar-refractivity contribution >= 4 is 15.9 Å². The Morgan fingerprint density at radius 1 is 1.44 bits per heavy atom. The first-order valence-electron chi connectivity index (χ1n) is 6.77. The van der Waals surface area contributed by atoms with E-state index < -0.39 is 0 Å². The van der Waals surface area contributed by atoms with Gasteiger partial charge in [-0.15, -0.1) is 0 Å². The largest absolute Gasteiger partial charge is 0.396 e. The van der Waals surface area contributed by atoms with Crippen molar-refractivity contribution in [3.05, 3.63) is 33.8 Å². The van der Waals surface area contributed by atoms with Crippen molar-refractivity contribution < 1.29 is 5.11 Å². The molecule has 3 heteroatoms. The van der Waals surface area contributed by atoms with Crippen LogP contribution in [0.15, 0.2) is 22.7 Å². The number of hydrogen-bond donors (Lipinski definition) is 2. The van der Waals surface area contributed by atoms with E-state index in [0.29, 0.717) is 18.0 Å². The molecule has 0 saturated carbocycles. The minimum Gasteiger partial charge on any atom is -0.396 e. The van der Waals surface area contributed by atoms with Gasteiger partial charge in [-0.05, 0) is 48.4 Å². The van der Waals surface area contributed by atoms with E-state index in [-0.39, 0.29) is 6.61 Å². The van der Waals surface area contributed by atoms with Gasteiger partial charge in [0.15, 0.2) is 0 Å². The molecule has 2 unspecified atom stereocenters. The SMILES string of the molecule is CC(C)C(CCO)NC1CCc2cc(Br)ccc21. The summed E-state index contributed by atoms with van der Waals surface area (Å²) in [6.45, 7) is 4.69. The first-order chi connectivity index (χ1) is 8.61. The number of hydrogen-bond acceptors (Lipinski definition) is 2. The Labute approximate surface area is 118 Å². The lowest BCUT2D eigenvalue weighted by molar-refractivity contribution is 0.234. The van der Waals surface area contributed by atoms with Gasteiger partial charge in [0, 0.05) is 23.2 Å². The van der Waals surface area contributed by atoms with Crippen molar-refractivity contribution in [2.75, 3.05) is 6.61 Å². The summed E-state index contributed by atoms with van der Waals surface area (Å²) < 4.78 is 1.16. The Bertz CT molecular complexity index is 405. The molecule has 18 heavy (non-hydrogen) atoms. The maximum Gasteiger partial charge on any atom is 0.0445 e. The molecule has 2 nitrogen and oxygen atoms in total. The number of rotatable bonds is 5. The summed E-state index contributed by atoms with van der Waals surface area (Å²) in [6, 6.07) is 7.42. The highest BCUT2D eigenvalue weighted by Crippen LogP contribution is 2.33. The van der Waals surface area contributed by atoms with Crippen molar-refractivity contribution in [1.29, 1.82) is 0 Å². The first kappa shape index (κ1) is 14.0. The molecule has 0 aromatic heterocycles. The fourth-order valence-electron chi connectivity index (χ4n) is 2.77. The molecule has 1 aliphatic carbocycles. The van der Waals surface area contributed by atoms with Crippen LogP contribution in [0, 0.1) is 5.92 Å². The Kier molecular flexibility index (Phi) is 4.82. The third-order valence-corrected chi connectivity index (χ3v) is 4.34. The average molecular weight is 312 g/mol. The van der Waals surface area contributed by atoms with Gasteiger partial charge in [0.2, 0.25) is 0 Å². The highest BCUT2D eigenvalue weighted by Gasteiger charge is 2.25. The molecule has 1 aromatic carbocycles. The summed E-state index contributed by atoms with van der Waals surface area (Å²) in [5, 5.41) is 12.9. The second kappa shape index (κ2) is 6.18. The van der Waals surface area contributed by atoms with E-state index in [4.69, 9.17) is 5.11 Å². The topological polar surface area (TPSA) is 32.3 Å². The van der Waals surface area contributed by atoms with E-state index >= 15 is 0 Å². The third-order valence-electron chi connectivity index (χ3n) is 3.84. The van der Waals surface area contributed by atoms with Crippen molar-refractivity contribution in [2.24, 2.45) is 5.92 Å². The van der Waals surface area contributed by atoms with Crippen molar-refractivity contribution in [3.8, 4) is 0 Å². The lowest BCUT2D eigenvalue weighted by atomic mass is 9.98. The van der Waals surface area contributed by atoms with Crippen LogP contribution in [-0.4, -0.2) is 17.8 Å². The molecule has 0 amide bonds. The Balaban J connectivity index is 2.08. The Hall–Kier alpha value is -0.380. The predicted molar refractivity (Wildman–Crippen MR) is 78.7 cm³/mol. The maximum absolute atomic E-state index is 9.14. The van der Waals surface area contributed by atoms with Gasteiger partial charge in [-0.3, -0.25) is 0 Å². The molecule has 2 N–H and O–H groups in total. The number of halogens is 1. The lowest BCUT2D eigenvalue weighted by Crippen LogP contribution is -2.36. The fraction of sp³-hybridized carbons (Fsp3) is 0.600. The van der Waals surface area contributed by atoms with Crippen LogP contribution in [0.5, 0.6) is 0 Å². The monoisotopic (exact) mass is 311 g/mol. The molecule has 100 valence electrons. The minimum absolute atomic E-state index is 0.260. The number of aryl methyl sites for hydroxylation is 1. The Morgan fingerprint density at radius 2 is 2.22 bits per heavy atom. The Morgan fingerprint density at radius 3 is 2.89 bits per heavy atom. The molecule has 0 saturated heterocycles. The van der Waals surface area contributed by atoms with Crippen LogP contribution in [-0.2, 0) is 6.42 Å². The van der Waals surface area contributed by atoms with Gasteiger partial charge >= 0.3 is 0 Å². The van der Waals surface area contributed by atoms with Crippen molar-refractivity contribution in [3.63, 3.8) is 0 Å². The molecule has 1 aliphatic rings. The van der Waals surface area contributed by atoms with E-state index in [9.17, 15) is 0 Å². The lowest BCUT2D eigenvalue weighted by Gasteiger charge is -2.26. The van der Waals surface area contributed by atoms with Gasteiger partial charge < -0.3 is 10.4 Å². The summed E-state index contributed by atoms with van der Waals surface area (Å²) in [5.74, 6) is 0.552. The van der Waals surface area contributed by atoms with Crippen LogP contribution in [0.2, 0.25) is 0 Å². The summed E-state index contributed by atoms with van der Waals surface area (Å²) >= 11 is 3.53. The predicted octanol–water partition coefficient (Wildman–Crippen LogP) is 3.43. The van der Waals surface area contributed by atoms with E-state index in [1.807, 2.05) is 0 Å². The quantitative estimate of drug-likeness (QED) is 0.873. The van der Waals surface area contributed by atoms with Gasteiger partial charge in [0.1, 0.15) is 0 Å². The number of aliphatic hydroxyl groups is 1. The fourth-order valence-corrected chi connectivity index (χ4v) is 3.17. The molecule has 0 radical (unpaired) electrons. The zero-order valence-electron chi connectivity index (χ0n) is 11.1. The first-order valence-corrected chi connectivity index (χ1v) is 7.56. The van der Waals surface area contributed by atoms with Gasteiger partial charge in [-0.2, -0.15) is 0 Å². The number of fused-ring (bicyclic) bond motifs is 1. The van der Waals surface area contributed by atoms with Crippen LogP contribution < -0.4 is 5.32 Å². The zero-order valence-corrected chi connectivity index (χ0v) is 12.7. The highest BCUT2D eigenvalue weighted by molar-refractivity contribution is 9.10. The van der Waals surface area contributed by atoms with Gasteiger partial charge in [-0.1, -0.05) is 35.8 Å². The molecular formula is C15H22BrNO. The third kappa shape index (κ3) is 3.14. The van der Waals surface area contributed by atoms with Crippen LogP contribution >= 0.6 is 15.9 Å². The molecule has 1 aromatic rings. The zero-order chi connectivity index (χ0) is 13.1. The summed E-state index contributed by atoms with van der Waals surface area (Å²) in [4.78, 5) is 0. The number of benzene rings is 1. The summed E-state index contributed by atoms with van der Waals surface area (Å²) in [6.07, 6.45) is 3.15. The standard InChI is InChI=1S/C15H22BrNO/c1-10(2)14(7-8-18)17-15-6-3-11-9-12(16)4-5-13(11)15/h4-5,9-10,14-15,17-18H,3,6-8H2,1-2H3. The van der Waals surface area contributed by atoms with Crippen LogP contribution in [0.4, 0.5) is 0 Å². The van der Waals surface area contributed by atoms with Gasteiger partial charge in [0.05, 0.1) is 0 Å². The molecule has 0 bridgehead atoms. The normalized spacial score (nSPS) is 20.2. The van der Waals surface area contributed by atoms with Gasteiger partial charge in [0.25, 0.3) is 0 Å². The summed E-state index contributed by atoms with van der Waals surface area (Å²) in [5.41, 5.74) is 2.88. The van der Waals surface area contributed by atoms with Crippen molar-refractivity contribution in [1.82, 2.24) is 5.32 Å². The maximum atomic E-state index is 9.14. The summed E-state index contributed by atoms with van der Waals surface area (Å²) in [7, 11) is 0.